The first-order valence-electron chi connectivity index (χ1n) is 10.5. The summed E-state index contributed by atoms with van der Waals surface area (Å²) in [5.41, 5.74) is 1.88. The third-order valence-corrected chi connectivity index (χ3v) is 6.37. The van der Waals surface area contributed by atoms with E-state index in [4.69, 9.17) is 13.9 Å². The normalized spacial score (nSPS) is 11.8. The van der Waals surface area contributed by atoms with Crippen molar-refractivity contribution in [3.63, 3.8) is 0 Å². The fourth-order valence-electron chi connectivity index (χ4n) is 3.29. The molecule has 1 amide bonds. The van der Waals surface area contributed by atoms with Crippen LogP contribution >= 0.6 is 0 Å². The van der Waals surface area contributed by atoms with E-state index >= 15 is 0 Å². The van der Waals surface area contributed by atoms with Gasteiger partial charge in [0.2, 0.25) is 5.55 Å². The van der Waals surface area contributed by atoms with E-state index in [2.05, 4.69) is 15.2 Å². The van der Waals surface area contributed by atoms with Gasteiger partial charge in [0.05, 0.1) is 14.2 Å². The third kappa shape index (κ3) is 5.28. The standard InChI is InChI=1S/C25H23N3O6S/c1-16-8-10-18(11-9-16)26-24(29)20-14-17-6-4-5-7-21(17)34-25(20)27-28-35(30,31)23-15-19(32-2)12-13-22(23)33-3/h4-15,28H,1-3H3,(H,26,29). The molecule has 35 heavy (non-hydrogen) atoms. The number of carbonyl (C=O) groups is 1. The fraction of sp³-hybridized carbons (Fsp3) is 0.120. The Hall–Kier alpha value is -4.31. The number of sulfonamides is 1. The molecule has 0 saturated carbocycles. The molecule has 9 nitrogen and oxygen atoms in total. The second kappa shape index (κ2) is 9.90. The van der Waals surface area contributed by atoms with E-state index in [9.17, 15) is 13.2 Å². The number of hydrogen-bond acceptors (Lipinski definition) is 7. The molecule has 3 aromatic carbocycles. The minimum Gasteiger partial charge on any atom is -0.497 e. The van der Waals surface area contributed by atoms with E-state index in [1.165, 1.54) is 26.4 Å². The van der Waals surface area contributed by atoms with Crippen LogP contribution in [-0.4, -0.2) is 28.5 Å². The van der Waals surface area contributed by atoms with Crippen molar-refractivity contribution < 1.29 is 27.1 Å². The van der Waals surface area contributed by atoms with Gasteiger partial charge in [0, 0.05) is 17.1 Å². The molecule has 0 saturated heterocycles. The minimum atomic E-state index is -4.21. The lowest BCUT2D eigenvalue weighted by Crippen LogP contribution is -2.27. The van der Waals surface area contributed by atoms with Crippen molar-refractivity contribution in [1.82, 2.24) is 4.83 Å². The second-order valence-corrected chi connectivity index (χ2v) is 9.18. The van der Waals surface area contributed by atoms with Crippen LogP contribution in [0.15, 0.2) is 87.2 Å². The molecule has 0 fully saturated rings. The molecule has 0 spiro atoms. The van der Waals surface area contributed by atoms with Crippen LogP contribution in [0.4, 0.5) is 5.69 Å². The lowest BCUT2D eigenvalue weighted by atomic mass is 10.1. The number of methoxy groups -OCH3 is 2. The van der Waals surface area contributed by atoms with Gasteiger partial charge in [0.25, 0.3) is 15.9 Å². The number of fused-ring (bicyclic) bond motifs is 1. The Labute approximate surface area is 202 Å². The highest BCUT2D eigenvalue weighted by atomic mass is 32.2. The SMILES string of the molecule is COc1ccc(OC)c(S(=O)(=O)NN=c2oc3ccccc3cc2C(=O)Nc2ccc(C)cc2)c1. The molecule has 0 bridgehead atoms. The van der Waals surface area contributed by atoms with E-state index in [0.717, 1.165) is 5.56 Å². The van der Waals surface area contributed by atoms with Gasteiger partial charge >= 0.3 is 0 Å². The van der Waals surface area contributed by atoms with Crippen LogP contribution < -0.4 is 25.2 Å². The van der Waals surface area contributed by atoms with Crippen molar-refractivity contribution in [3.05, 3.63) is 89.5 Å². The van der Waals surface area contributed by atoms with E-state index in [1.54, 1.807) is 48.5 Å². The molecule has 0 aliphatic heterocycles. The Balaban J connectivity index is 1.77. The van der Waals surface area contributed by atoms with Gasteiger partial charge in [0.1, 0.15) is 27.5 Å². The predicted molar refractivity (Wildman–Crippen MR) is 131 cm³/mol. The van der Waals surface area contributed by atoms with Gasteiger partial charge in [-0.3, -0.25) is 4.79 Å². The van der Waals surface area contributed by atoms with E-state index in [-0.39, 0.29) is 21.8 Å². The first-order valence-corrected chi connectivity index (χ1v) is 12.0. The number of carbonyl (C=O) groups excluding carboxylic acids is 1. The number of aryl methyl sites for hydroxylation is 1. The van der Waals surface area contributed by atoms with E-state index < -0.39 is 15.9 Å². The number of benzene rings is 3. The van der Waals surface area contributed by atoms with Crippen LogP contribution in [0.1, 0.15) is 15.9 Å². The lowest BCUT2D eigenvalue weighted by molar-refractivity contribution is 0.102. The van der Waals surface area contributed by atoms with Gasteiger partial charge in [-0.15, -0.1) is 5.10 Å². The van der Waals surface area contributed by atoms with Crippen LogP contribution in [-0.2, 0) is 10.0 Å². The van der Waals surface area contributed by atoms with Gasteiger partial charge in [-0.05, 0) is 43.3 Å². The van der Waals surface area contributed by atoms with E-state index in [0.29, 0.717) is 22.4 Å². The molecule has 0 aliphatic carbocycles. The van der Waals surface area contributed by atoms with Gasteiger partial charge in [0.15, 0.2) is 0 Å². The molecule has 0 aliphatic rings. The minimum absolute atomic E-state index is 0.0459. The molecule has 1 heterocycles. The first kappa shape index (κ1) is 23.8. The molecule has 2 N–H and O–H groups in total. The van der Waals surface area contributed by atoms with Gasteiger partial charge in [-0.2, -0.15) is 13.2 Å². The summed E-state index contributed by atoms with van der Waals surface area (Å²) in [5.74, 6) is -0.0960. The van der Waals surface area contributed by atoms with Crippen molar-refractivity contribution in [2.75, 3.05) is 19.5 Å². The van der Waals surface area contributed by atoms with Crippen LogP contribution in [0.5, 0.6) is 11.5 Å². The number of amides is 1. The maximum absolute atomic E-state index is 13.1. The summed E-state index contributed by atoms with van der Waals surface area (Å²) in [4.78, 5) is 15.0. The zero-order chi connectivity index (χ0) is 25.0. The summed E-state index contributed by atoms with van der Waals surface area (Å²) in [6.45, 7) is 1.94. The van der Waals surface area contributed by atoms with Crippen LogP contribution in [0.25, 0.3) is 11.0 Å². The smallest absolute Gasteiger partial charge is 0.280 e. The summed E-state index contributed by atoms with van der Waals surface area (Å²) in [6, 6.07) is 20.2. The molecule has 0 atom stereocenters. The second-order valence-electron chi connectivity index (χ2n) is 7.55. The Kier molecular flexibility index (Phi) is 6.74. The number of ether oxygens (including phenoxy) is 2. The summed E-state index contributed by atoms with van der Waals surface area (Å²) in [7, 11) is -1.44. The van der Waals surface area contributed by atoms with Gasteiger partial charge in [-0.25, -0.2) is 0 Å². The highest BCUT2D eigenvalue weighted by Crippen LogP contribution is 2.28. The summed E-state index contributed by atoms with van der Waals surface area (Å²) in [5, 5.41) is 7.38. The quantitative estimate of drug-likeness (QED) is 0.378. The lowest BCUT2D eigenvalue weighted by Gasteiger charge is -2.11. The average Bonchev–Trinajstić information content (AvgIpc) is 2.87. The van der Waals surface area contributed by atoms with Crippen molar-refractivity contribution in [1.29, 1.82) is 0 Å². The van der Waals surface area contributed by atoms with Crippen LogP contribution in [0.2, 0.25) is 0 Å². The van der Waals surface area contributed by atoms with Crippen LogP contribution in [0, 0.1) is 6.92 Å². The van der Waals surface area contributed by atoms with Crippen LogP contribution in [0.3, 0.4) is 0 Å². The summed E-state index contributed by atoms with van der Waals surface area (Å²) in [6.07, 6.45) is 0. The van der Waals surface area contributed by atoms with Crippen molar-refractivity contribution in [3.8, 4) is 11.5 Å². The topological polar surface area (TPSA) is 119 Å². The molecular weight excluding hydrogens is 470 g/mol. The summed E-state index contributed by atoms with van der Waals surface area (Å²) >= 11 is 0. The average molecular weight is 494 g/mol. The molecule has 0 radical (unpaired) electrons. The van der Waals surface area contributed by atoms with Gasteiger partial charge < -0.3 is 19.2 Å². The number of rotatable bonds is 7. The maximum Gasteiger partial charge on any atom is 0.280 e. The van der Waals surface area contributed by atoms with Gasteiger partial charge in [-0.1, -0.05) is 35.9 Å². The Morgan fingerprint density at radius 3 is 2.40 bits per heavy atom. The fourth-order valence-corrected chi connectivity index (χ4v) is 4.28. The molecule has 1 aromatic heterocycles. The molecule has 4 aromatic rings. The monoisotopic (exact) mass is 493 g/mol. The molecule has 180 valence electrons. The van der Waals surface area contributed by atoms with E-state index in [1.807, 2.05) is 19.1 Å². The maximum atomic E-state index is 13.1. The Morgan fingerprint density at radius 2 is 1.69 bits per heavy atom. The third-order valence-electron chi connectivity index (χ3n) is 5.14. The number of hydrogen-bond donors (Lipinski definition) is 2. The number of nitrogens with one attached hydrogen (secondary N) is 2. The number of para-hydroxylation sites is 1. The highest BCUT2D eigenvalue weighted by Gasteiger charge is 2.21. The highest BCUT2D eigenvalue weighted by molar-refractivity contribution is 7.89. The molecular formula is C25H23N3O6S. The largest absolute Gasteiger partial charge is 0.497 e. The molecule has 4 rings (SSSR count). The van der Waals surface area contributed by atoms with Crippen molar-refractivity contribution >= 4 is 32.6 Å². The molecule has 0 unspecified atom stereocenters. The number of nitrogens with zero attached hydrogens (tertiary/aromatic N) is 1. The summed E-state index contributed by atoms with van der Waals surface area (Å²) < 4.78 is 42.2. The molecule has 10 heteroatoms. The Bertz CT molecular complexity index is 1560. The zero-order valence-electron chi connectivity index (χ0n) is 19.2. The van der Waals surface area contributed by atoms with Crippen molar-refractivity contribution in [2.45, 2.75) is 11.8 Å². The predicted octanol–water partition coefficient (Wildman–Crippen LogP) is 3.80. The Morgan fingerprint density at radius 1 is 0.943 bits per heavy atom. The zero-order valence-corrected chi connectivity index (χ0v) is 20.0. The number of anilines is 1. The van der Waals surface area contributed by atoms with Crippen molar-refractivity contribution in [2.24, 2.45) is 5.10 Å². The first-order chi connectivity index (χ1) is 16.8.